The molecule has 104 valence electrons. The van der Waals surface area contributed by atoms with Gasteiger partial charge in [-0.1, -0.05) is 78.9 Å². The molecule has 0 aliphatic heterocycles. The molecule has 1 heteroatoms. The standard InChI is InChI=1S/C20H18O/c1-3-16-8-12-18(13-9-16)20(21)14-4-5-19(20)17-10-6-15(2)7-11-17/h3-14,21H,1H2,2H3. The Bertz CT molecular complexity index is 717. The Labute approximate surface area is 125 Å². The summed E-state index contributed by atoms with van der Waals surface area (Å²) in [4.78, 5) is 0. The molecule has 1 nitrogen and oxygen atoms in total. The maximum atomic E-state index is 11.1. The summed E-state index contributed by atoms with van der Waals surface area (Å²) in [5.74, 6) is 0. The molecular weight excluding hydrogens is 256 g/mol. The molecule has 0 spiro atoms. The van der Waals surface area contributed by atoms with Crippen molar-refractivity contribution in [3.63, 3.8) is 0 Å². The summed E-state index contributed by atoms with van der Waals surface area (Å²) in [6.45, 7) is 5.82. The van der Waals surface area contributed by atoms with E-state index in [-0.39, 0.29) is 0 Å². The lowest BCUT2D eigenvalue weighted by molar-refractivity contribution is 0.156. The first-order chi connectivity index (χ1) is 10.1. The Morgan fingerprint density at radius 3 is 2.29 bits per heavy atom. The third-order valence-electron chi connectivity index (χ3n) is 3.96. The maximum absolute atomic E-state index is 11.1. The fourth-order valence-corrected chi connectivity index (χ4v) is 2.67. The molecule has 1 unspecified atom stereocenters. The van der Waals surface area contributed by atoms with Crippen LogP contribution in [-0.4, -0.2) is 5.11 Å². The second kappa shape index (κ2) is 5.19. The van der Waals surface area contributed by atoms with E-state index in [9.17, 15) is 5.11 Å². The van der Waals surface area contributed by atoms with E-state index < -0.39 is 5.60 Å². The minimum Gasteiger partial charge on any atom is -0.377 e. The molecule has 0 aromatic heterocycles. The van der Waals surface area contributed by atoms with Crippen LogP contribution in [-0.2, 0) is 5.60 Å². The molecule has 1 aliphatic carbocycles. The average Bonchev–Trinajstić information content (AvgIpc) is 2.91. The highest BCUT2D eigenvalue weighted by atomic mass is 16.3. The third kappa shape index (κ3) is 2.37. The molecule has 3 rings (SSSR count). The average molecular weight is 274 g/mol. The fraction of sp³-hybridized carbons (Fsp3) is 0.100. The van der Waals surface area contributed by atoms with Crippen LogP contribution in [0.2, 0.25) is 0 Å². The molecule has 1 atom stereocenters. The number of hydrogen-bond acceptors (Lipinski definition) is 1. The van der Waals surface area contributed by atoms with Gasteiger partial charge >= 0.3 is 0 Å². The van der Waals surface area contributed by atoms with Gasteiger partial charge in [-0.05, 0) is 35.3 Å². The molecule has 0 saturated carbocycles. The van der Waals surface area contributed by atoms with Crippen LogP contribution in [0.5, 0.6) is 0 Å². The van der Waals surface area contributed by atoms with Crippen LogP contribution in [0, 0.1) is 6.92 Å². The van der Waals surface area contributed by atoms with Crippen LogP contribution in [0.4, 0.5) is 0 Å². The van der Waals surface area contributed by atoms with Crippen LogP contribution >= 0.6 is 0 Å². The van der Waals surface area contributed by atoms with Crippen LogP contribution < -0.4 is 0 Å². The lowest BCUT2D eigenvalue weighted by Gasteiger charge is -2.26. The van der Waals surface area contributed by atoms with E-state index in [1.54, 1.807) is 6.08 Å². The fourth-order valence-electron chi connectivity index (χ4n) is 2.67. The van der Waals surface area contributed by atoms with Crippen LogP contribution in [0.1, 0.15) is 22.3 Å². The molecule has 21 heavy (non-hydrogen) atoms. The predicted octanol–water partition coefficient (Wildman–Crippen LogP) is 4.48. The Morgan fingerprint density at radius 1 is 1.00 bits per heavy atom. The normalized spacial score (nSPS) is 20.4. The smallest absolute Gasteiger partial charge is 0.134 e. The first-order valence-electron chi connectivity index (χ1n) is 7.06. The topological polar surface area (TPSA) is 20.2 Å². The number of aliphatic hydroxyl groups is 1. The van der Waals surface area contributed by atoms with E-state index in [4.69, 9.17) is 0 Å². The molecule has 2 aromatic carbocycles. The summed E-state index contributed by atoms with van der Waals surface area (Å²) in [7, 11) is 0. The van der Waals surface area contributed by atoms with Gasteiger partial charge in [0.15, 0.2) is 0 Å². The summed E-state index contributed by atoms with van der Waals surface area (Å²) in [5, 5.41) is 11.1. The van der Waals surface area contributed by atoms with Gasteiger partial charge in [0.05, 0.1) is 0 Å². The number of aryl methyl sites for hydroxylation is 1. The number of benzene rings is 2. The van der Waals surface area contributed by atoms with Gasteiger partial charge in [-0.2, -0.15) is 0 Å². The molecule has 1 aliphatic rings. The molecular formula is C20H18O. The summed E-state index contributed by atoms with van der Waals surface area (Å²) in [5.41, 5.74) is 4.02. The molecule has 0 bridgehead atoms. The highest BCUT2D eigenvalue weighted by Gasteiger charge is 2.34. The first kappa shape index (κ1) is 13.6. The van der Waals surface area contributed by atoms with Crippen molar-refractivity contribution >= 4 is 11.6 Å². The van der Waals surface area contributed by atoms with E-state index in [2.05, 4.69) is 37.8 Å². The summed E-state index contributed by atoms with van der Waals surface area (Å²) in [6, 6.07) is 16.1. The number of allylic oxidation sites excluding steroid dienone is 2. The van der Waals surface area contributed by atoms with E-state index in [0.29, 0.717) is 0 Å². The zero-order valence-electron chi connectivity index (χ0n) is 12.1. The Hall–Kier alpha value is -2.38. The lowest BCUT2D eigenvalue weighted by Crippen LogP contribution is -2.22. The lowest BCUT2D eigenvalue weighted by atomic mass is 9.84. The van der Waals surface area contributed by atoms with E-state index in [1.807, 2.05) is 42.5 Å². The number of rotatable bonds is 3. The number of hydrogen-bond donors (Lipinski definition) is 1. The van der Waals surface area contributed by atoms with Crippen molar-refractivity contribution in [2.24, 2.45) is 0 Å². The highest BCUT2D eigenvalue weighted by molar-refractivity contribution is 5.80. The van der Waals surface area contributed by atoms with Gasteiger partial charge in [-0.25, -0.2) is 0 Å². The van der Waals surface area contributed by atoms with Gasteiger partial charge in [-0.3, -0.25) is 0 Å². The largest absolute Gasteiger partial charge is 0.377 e. The first-order valence-corrected chi connectivity index (χ1v) is 7.06. The molecule has 0 amide bonds. The van der Waals surface area contributed by atoms with Crippen molar-refractivity contribution in [1.29, 1.82) is 0 Å². The van der Waals surface area contributed by atoms with Crippen LogP contribution in [0.25, 0.3) is 11.6 Å². The van der Waals surface area contributed by atoms with Crippen molar-refractivity contribution in [2.45, 2.75) is 12.5 Å². The predicted molar refractivity (Wildman–Crippen MR) is 88.7 cm³/mol. The van der Waals surface area contributed by atoms with E-state index in [0.717, 1.165) is 22.3 Å². The molecule has 0 heterocycles. The van der Waals surface area contributed by atoms with Crippen LogP contribution in [0.3, 0.4) is 0 Å². The summed E-state index contributed by atoms with van der Waals surface area (Å²) >= 11 is 0. The highest BCUT2D eigenvalue weighted by Crippen LogP contribution is 2.41. The zero-order chi connectivity index (χ0) is 14.9. The van der Waals surface area contributed by atoms with Crippen molar-refractivity contribution in [2.75, 3.05) is 0 Å². The molecule has 1 N–H and O–H groups in total. The molecule has 0 radical (unpaired) electrons. The Kier molecular flexibility index (Phi) is 3.36. The monoisotopic (exact) mass is 274 g/mol. The maximum Gasteiger partial charge on any atom is 0.134 e. The third-order valence-corrected chi connectivity index (χ3v) is 3.96. The van der Waals surface area contributed by atoms with Gasteiger partial charge in [0.25, 0.3) is 0 Å². The Morgan fingerprint density at radius 2 is 1.67 bits per heavy atom. The second-order valence-corrected chi connectivity index (χ2v) is 5.40. The van der Waals surface area contributed by atoms with Crippen molar-refractivity contribution < 1.29 is 5.11 Å². The van der Waals surface area contributed by atoms with Crippen molar-refractivity contribution in [1.82, 2.24) is 0 Å². The SMILES string of the molecule is C=Cc1ccc(C2(O)C=CC=C2c2ccc(C)cc2)cc1. The van der Waals surface area contributed by atoms with Gasteiger partial charge in [-0.15, -0.1) is 0 Å². The quantitative estimate of drug-likeness (QED) is 0.875. The van der Waals surface area contributed by atoms with Crippen molar-refractivity contribution in [3.8, 4) is 0 Å². The summed E-state index contributed by atoms with van der Waals surface area (Å²) in [6.07, 6.45) is 7.53. The van der Waals surface area contributed by atoms with Crippen molar-refractivity contribution in [3.05, 3.63) is 95.6 Å². The molecule has 0 fully saturated rings. The minimum atomic E-state index is -1.06. The summed E-state index contributed by atoms with van der Waals surface area (Å²) < 4.78 is 0. The minimum absolute atomic E-state index is 0.869. The van der Waals surface area contributed by atoms with Gasteiger partial charge in [0.1, 0.15) is 5.60 Å². The zero-order valence-corrected chi connectivity index (χ0v) is 12.1. The van der Waals surface area contributed by atoms with E-state index >= 15 is 0 Å². The molecule has 0 saturated heterocycles. The van der Waals surface area contributed by atoms with E-state index in [1.165, 1.54) is 5.56 Å². The molecule has 2 aromatic rings. The van der Waals surface area contributed by atoms with Gasteiger partial charge in [0.2, 0.25) is 0 Å². The second-order valence-electron chi connectivity index (χ2n) is 5.40. The van der Waals surface area contributed by atoms with Gasteiger partial charge < -0.3 is 5.11 Å². The van der Waals surface area contributed by atoms with Gasteiger partial charge in [0, 0.05) is 0 Å². The Balaban J connectivity index is 2.02. The van der Waals surface area contributed by atoms with Crippen LogP contribution in [0.15, 0.2) is 73.3 Å².